The number of benzene rings is 1. The Morgan fingerprint density at radius 2 is 1.84 bits per heavy atom. The summed E-state index contributed by atoms with van der Waals surface area (Å²) in [5.41, 5.74) is 7.15. The average molecular weight is 266 g/mol. The van der Waals surface area contributed by atoms with E-state index in [-0.39, 0.29) is 24.1 Å². The second kappa shape index (κ2) is 6.46. The first-order chi connectivity index (χ1) is 9.04. The summed E-state index contributed by atoms with van der Waals surface area (Å²) in [4.78, 5) is 2.39. The third kappa shape index (κ3) is 4.27. The molecule has 0 aromatic heterocycles. The molecule has 0 bridgehead atoms. The Balaban J connectivity index is 1.83. The fourth-order valence-electron chi connectivity index (χ4n) is 2.67. The first-order valence-electron chi connectivity index (χ1n) is 6.93. The Kier molecular flexibility index (Phi) is 4.91. The molecule has 0 amide bonds. The number of rotatable bonds is 4. The zero-order valence-electron chi connectivity index (χ0n) is 11.7. The quantitative estimate of drug-likeness (QED) is 0.909. The topological polar surface area (TPSA) is 38.5 Å². The van der Waals surface area contributed by atoms with Gasteiger partial charge in [0.25, 0.3) is 0 Å². The summed E-state index contributed by atoms with van der Waals surface area (Å²) in [5, 5.41) is 0. The molecule has 1 saturated heterocycles. The highest BCUT2D eigenvalue weighted by molar-refractivity contribution is 5.19. The smallest absolute Gasteiger partial charge is 0.123 e. The van der Waals surface area contributed by atoms with Crippen molar-refractivity contribution >= 4 is 0 Å². The minimum Gasteiger partial charge on any atom is -0.373 e. The second-order valence-electron chi connectivity index (χ2n) is 5.46. The molecule has 19 heavy (non-hydrogen) atoms. The summed E-state index contributed by atoms with van der Waals surface area (Å²) < 4.78 is 18.6. The zero-order valence-corrected chi connectivity index (χ0v) is 11.7. The molecule has 1 unspecified atom stereocenters. The van der Waals surface area contributed by atoms with Gasteiger partial charge < -0.3 is 10.5 Å². The number of morpholine rings is 1. The lowest BCUT2D eigenvalue weighted by molar-refractivity contribution is -0.0684. The van der Waals surface area contributed by atoms with Crippen LogP contribution in [0.2, 0.25) is 0 Å². The van der Waals surface area contributed by atoms with Crippen LogP contribution in [0.1, 0.15) is 31.9 Å². The highest BCUT2D eigenvalue weighted by Crippen LogP contribution is 2.17. The Labute approximate surface area is 114 Å². The minimum atomic E-state index is -0.216. The lowest BCUT2D eigenvalue weighted by atomic mass is 10.0. The van der Waals surface area contributed by atoms with Crippen molar-refractivity contribution < 1.29 is 9.13 Å². The number of halogens is 1. The van der Waals surface area contributed by atoms with Crippen molar-refractivity contribution in [3.63, 3.8) is 0 Å². The molecule has 0 saturated carbocycles. The summed E-state index contributed by atoms with van der Waals surface area (Å²) in [6.45, 7) is 7.07. The molecule has 3 nitrogen and oxygen atoms in total. The SMILES string of the molecule is C[C@@H]1CN(CCC(N)c2ccc(F)cc2)C[C@H](C)O1. The Morgan fingerprint density at radius 1 is 1.26 bits per heavy atom. The maximum absolute atomic E-state index is 12.8. The van der Waals surface area contributed by atoms with E-state index in [9.17, 15) is 4.39 Å². The van der Waals surface area contributed by atoms with E-state index in [1.165, 1.54) is 12.1 Å². The highest BCUT2D eigenvalue weighted by atomic mass is 19.1. The van der Waals surface area contributed by atoms with Gasteiger partial charge in [-0.05, 0) is 38.0 Å². The lowest BCUT2D eigenvalue weighted by Gasteiger charge is -2.35. The first-order valence-corrected chi connectivity index (χ1v) is 6.93. The standard InChI is InChI=1S/C15H23FN2O/c1-11-9-18(10-12(2)19-11)8-7-15(17)13-3-5-14(16)6-4-13/h3-6,11-12,15H,7-10,17H2,1-2H3/t11-,12+,15?. The predicted octanol–water partition coefficient (Wildman–Crippen LogP) is 2.32. The number of ether oxygens (including phenoxy) is 1. The van der Waals surface area contributed by atoms with Gasteiger partial charge in [0.05, 0.1) is 12.2 Å². The van der Waals surface area contributed by atoms with E-state index in [0.717, 1.165) is 31.6 Å². The van der Waals surface area contributed by atoms with Gasteiger partial charge in [-0.1, -0.05) is 12.1 Å². The monoisotopic (exact) mass is 266 g/mol. The van der Waals surface area contributed by atoms with Gasteiger partial charge >= 0.3 is 0 Å². The van der Waals surface area contributed by atoms with Crippen molar-refractivity contribution in [3.05, 3.63) is 35.6 Å². The summed E-state index contributed by atoms with van der Waals surface area (Å²) in [7, 11) is 0. The molecule has 1 aromatic carbocycles. The van der Waals surface area contributed by atoms with Crippen LogP contribution in [0.5, 0.6) is 0 Å². The second-order valence-corrected chi connectivity index (χ2v) is 5.46. The molecule has 3 atom stereocenters. The number of hydrogen-bond donors (Lipinski definition) is 1. The van der Waals surface area contributed by atoms with Crippen LogP contribution in [0.15, 0.2) is 24.3 Å². The van der Waals surface area contributed by atoms with Crippen molar-refractivity contribution in [1.29, 1.82) is 0 Å². The van der Waals surface area contributed by atoms with Gasteiger partial charge in [-0.3, -0.25) is 4.90 Å². The molecule has 0 aliphatic carbocycles. The molecule has 2 N–H and O–H groups in total. The third-order valence-electron chi connectivity index (χ3n) is 3.55. The molecule has 1 aliphatic rings. The highest BCUT2D eigenvalue weighted by Gasteiger charge is 2.22. The Hall–Kier alpha value is -0.970. The molecule has 1 heterocycles. The van der Waals surface area contributed by atoms with E-state index in [2.05, 4.69) is 18.7 Å². The van der Waals surface area contributed by atoms with Gasteiger partial charge in [0.1, 0.15) is 5.82 Å². The fraction of sp³-hybridized carbons (Fsp3) is 0.600. The molecule has 2 rings (SSSR count). The zero-order chi connectivity index (χ0) is 13.8. The van der Waals surface area contributed by atoms with Gasteiger partial charge in [0, 0.05) is 25.7 Å². The van der Waals surface area contributed by atoms with E-state index < -0.39 is 0 Å². The fourth-order valence-corrected chi connectivity index (χ4v) is 2.67. The van der Waals surface area contributed by atoms with E-state index in [1.54, 1.807) is 12.1 Å². The van der Waals surface area contributed by atoms with Gasteiger partial charge in [-0.25, -0.2) is 4.39 Å². The number of hydrogen-bond acceptors (Lipinski definition) is 3. The maximum atomic E-state index is 12.8. The van der Waals surface area contributed by atoms with Crippen LogP contribution >= 0.6 is 0 Å². The van der Waals surface area contributed by atoms with E-state index >= 15 is 0 Å². The van der Waals surface area contributed by atoms with Crippen molar-refractivity contribution in [2.45, 2.75) is 38.5 Å². The number of nitrogens with two attached hydrogens (primary N) is 1. The van der Waals surface area contributed by atoms with Gasteiger partial charge in [0.2, 0.25) is 0 Å². The van der Waals surface area contributed by atoms with Crippen LogP contribution in [0.4, 0.5) is 4.39 Å². The average Bonchev–Trinajstić information content (AvgIpc) is 2.36. The third-order valence-corrected chi connectivity index (χ3v) is 3.55. The van der Waals surface area contributed by atoms with Crippen molar-refractivity contribution in [2.24, 2.45) is 5.73 Å². The molecule has 4 heteroatoms. The largest absolute Gasteiger partial charge is 0.373 e. The van der Waals surface area contributed by atoms with E-state index in [4.69, 9.17) is 10.5 Å². The van der Waals surface area contributed by atoms with Crippen molar-refractivity contribution in [3.8, 4) is 0 Å². The van der Waals surface area contributed by atoms with Crippen LogP contribution in [-0.2, 0) is 4.74 Å². The molecular weight excluding hydrogens is 243 g/mol. The van der Waals surface area contributed by atoms with Crippen LogP contribution < -0.4 is 5.73 Å². The predicted molar refractivity (Wildman–Crippen MR) is 74.4 cm³/mol. The van der Waals surface area contributed by atoms with Crippen LogP contribution in [0, 0.1) is 5.82 Å². The van der Waals surface area contributed by atoms with Crippen molar-refractivity contribution in [2.75, 3.05) is 19.6 Å². The minimum absolute atomic E-state index is 0.0333. The summed E-state index contributed by atoms with van der Waals surface area (Å²) in [6, 6.07) is 6.44. The van der Waals surface area contributed by atoms with Gasteiger partial charge in [0.15, 0.2) is 0 Å². The lowest BCUT2D eigenvalue weighted by Crippen LogP contribution is -2.46. The van der Waals surface area contributed by atoms with Gasteiger partial charge in [-0.15, -0.1) is 0 Å². The normalized spacial score (nSPS) is 26.3. The number of nitrogens with zero attached hydrogens (tertiary/aromatic N) is 1. The first kappa shape index (κ1) is 14.4. The Bertz CT molecular complexity index is 386. The van der Waals surface area contributed by atoms with Crippen molar-refractivity contribution in [1.82, 2.24) is 4.90 Å². The summed E-state index contributed by atoms with van der Waals surface area (Å²) in [6.07, 6.45) is 1.45. The van der Waals surface area contributed by atoms with Gasteiger partial charge in [-0.2, -0.15) is 0 Å². The molecule has 1 fully saturated rings. The van der Waals surface area contributed by atoms with Crippen LogP contribution in [0.3, 0.4) is 0 Å². The summed E-state index contributed by atoms with van der Waals surface area (Å²) in [5.74, 6) is -0.216. The molecule has 0 radical (unpaired) electrons. The van der Waals surface area contributed by atoms with Crippen LogP contribution in [0.25, 0.3) is 0 Å². The molecule has 1 aliphatic heterocycles. The van der Waals surface area contributed by atoms with E-state index in [1.807, 2.05) is 0 Å². The Morgan fingerprint density at radius 3 is 2.42 bits per heavy atom. The molecule has 106 valence electrons. The summed E-state index contributed by atoms with van der Waals surface area (Å²) >= 11 is 0. The maximum Gasteiger partial charge on any atom is 0.123 e. The van der Waals surface area contributed by atoms with E-state index in [0.29, 0.717) is 0 Å². The molecular formula is C15H23FN2O. The molecule has 1 aromatic rings. The van der Waals surface area contributed by atoms with Crippen LogP contribution in [-0.4, -0.2) is 36.7 Å². The molecule has 0 spiro atoms.